The minimum Gasteiger partial charge on any atom is -0.506 e. The minimum atomic E-state index is -0.475. The summed E-state index contributed by atoms with van der Waals surface area (Å²) in [5.41, 5.74) is 1.86. The number of halogens is 1. The van der Waals surface area contributed by atoms with E-state index in [4.69, 9.17) is 4.42 Å². The van der Waals surface area contributed by atoms with E-state index in [0.717, 1.165) is 5.56 Å². The van der Waals surface area contributed by atoms with E-state index in [0.29, 0.717) is 17.0 Å². The smallest absolute Gasteiger partial charge is 0.291 e. The van der Waals surface area contributed by atoms with Crippen molar-refractivity contribution in [1.82, 2.24) is 0 Å². The summed E-state index contributed by atoms with van der Waals surface area (Å²) in [6.45, 7) is 1.84. The van der Waals surface area contributed by atoms with Crippen molar-refractivity contribution in [3.05, 3.63) is 71.7 Å². The number of amides is 1. The lowest BCUT2D eigenvalue weighted by Crippen LogP contribution is -2.10. The van der Waals surface area contributed by atoms with Crippen LogP contribution in [0.25, 0.3) is 11.3 Å². The number of aryl methyl sites for hydroxylation is 1. The van der Waals surface area contributed by atoms with Crippen molar-refractivity contribution in [2.75, 3.05) is 5.32 Å². The Labute approximate surface area is 132 Å². The highest BCUT2D eigenvalue weighted by Crippen LogP contribution is 2.26. The van der Waals surface area contributed by atoms with Crippen LogP contribution in [-0.4, -0.2) is 11.0 Å². The lowest BCUT2D eigenvalue weighted by atomic mass is 10.2. The Balaban J connectivity index is 1.79. The molecule has 0 saturated carbocycles. The molecule has 3 aromatic rings. The van der Waals surface area contributed by atoms with Crippen LogP contribution < -0.4 is 5.32 Å². The van der Waals surface area contributed by atoms with Gasteiger partial charge in [-0.2, -0.15) is 0 Å². The fraction of sp³-hybridized carbons (Fsp3) is 0.0556. The molecule has 5 heteroatoms. The minimum absolute atomic E-state index is 0.0105. The van der Waals surface area contributed by atoms with Crippen molar-refractivity contribution in [1.29, 1.82) is 0 Å². The molecule has 0 aliphatic carbocycles. The predicted molar refractivity (Wildman–Crippen MR) is 84.9 cm³/mol. The van der Waals surface area contributed by atoms with Gasteiger partial charge in [0.1, 0.15) is 17.3 Å². The first-order valence-corrected chi connectivity index (χ1v) is 7.00. The van der Waals surface area contributed by atoms with Crippen molar-refractivity contribution >= 4 is 11.6 Å². The monoisotopic (exact) mass is 311 g/mol. The molecule has 116 valence electrons. The van der Waals surface area contributed by atoms with Gasteiger partial charge < -0.3 is 14.8 Å². The molecule has 0 aliphatic heterocycles. The van der Waals surface area contributed by atoms with Crippen LogP contribution in [0.5, 0.6) is 5.75 Å². The molecule has 23 heavy (non-hydrogen) atoms. The number of rotatable bonds is 3. The van der Waals surface area contributed by atoms with Gasteiger partial charge in [0.15, 0.2) is 5.76 Å². The number of carbonyl (C=O) groups excluding carboxylic acids is 1. The van der Waals surface area contributed by atoms with Gasteiger partial charge in [-0.05, 0) is 61.0 Å². The molecule has 4 nitrogen and oxygen atoms in total. The highest BCUT2D eigenvalue weighted by atomic mass is 19.1. The number of furan rings is 1. The molecule has 1 aromatic heterocycles. The average molecular weight is 311 g/mol. The van der Waals surface area contributed by atoms with Crippen LogP contribution in [0.3, 0.4) is 0 Å². The van der Waals surface area contributed by atoms with Gasteiger partial charge in [-0.25, -0.2) is 4.39 Å². The third-order valence-corrected chi connectivity index (χ3v) is 3.36. The zero-order chi connectivity index (χ0) is 16.4. The van der Waals surface area contributed by atoms with Gasteiger partial charge in [-0.1, -0.05) is 6.07 Å². The molecule has 0 fully saturated rings. The van der Waals surface area contributed by atoms with E-state index in [1.54, 1.807) is 36.4 Å². The van der Waals surface area contributed by atoms with Crippen molar-refractivity contribution < 1.29 is 18.7 Å². The summed E-state index contributed by atoms with van der Waals surface area (Å²) in [6.07, 6.45) is 0. The Hall–Kier alpha value is -3.08. The first kappa shape index (κ1) is 14.8. The number of nitrogens with one attached hydrogen (secondary N) is 1. The van der Waals surface area contributed by atoms with Crippen molar-refractivity contribution in [2.24, 2.45) is 0 Å². The summed E-state index contributed by atoms with van der Waals surface area (Å²) in [5.74, 6) is -0.262. The summed E-state index contributed by atoms with van der Waals surface area (Å²) in [5, 5.41) is 12.4. The first-order valence-electron chi connectivity index (χ1n) is 7.00. The zero-order valence-electron chi connectivity index (χ0n) is 12.3. The van der Waals surface area contributed by atoms with E-state index in [2.05, 4.69) is 5.32 Å². The summed E-state index contributed by atoms with van der Waals surface area (Å²) < 4.78 is 18.4. The van der Waals surface area contributed by atoms with E-state index in [9.17, 15) is 14.3 Å². The molecular weight excluding hydrogens is 297 g/mol. The van der Waals surface area contributed by atoms with Crippen molar-refractivity contribution in [3.63, 3.8) is 0 Å². The quantitative estimate of drug-likeness (QED) is 0.707. The van der Waals surface area contributed by atoms with E-state index in [1.807, 2.05) is 6.92 Å². The molecule has 1 heterocycles. The van der Waals surface area contributed by atoms with E-state index >= 15 is 0 Å². The molecule has 0 radical (unpaired) electrons. The number of phenols is 1. The number of hydrogen-bond donors (Lipinski definition) is 2. The third kappa shape index (κ3) is 3.23. The van der Waals surface area contributed by atoms with Gasteiger partial charge in [-0.15, -0.1) is 0 Å². The second kappa shape index (κ2) is 5.96. The number of hydrogen-bond acceptors (Lipinski definition) is 3. The number of anilines is 1. The van der Waals surface area contributed by atoms with Crippen LogP contribution in [0.15, 0.2) is 59.0 Å². The van der Waals surface area contributed by atoms with Crippen LogP contribution in [-0.2, 0) is 0 Å². The maximum Gasteiger partial charge on any atom is 0.291 e. The molecule has 2 N–H and O–H groups in total. The Morgan fingerprint density at radius 2 is 1.83 bits per heavy atom. The van der Waals surface area contributed by atoms with E-state index in [1.165, 1.54) is 18.2 Å². The fourth-order valence-corrected chi connectivity index (χ4v) is 2.16. The molecule has 3 rings (SSSR count). The second-order valence-electron chi connectivity index (χ2n) is 5.15. The molecule has 0 spiro atoms. The van der Waals surface area contributed by atoms with Gasteiger partial charge in [-0.3, -0.25) is 4.79 Å². The highest BCUT2D eigenvalue weighted by molar-refractivity contribution is 6.03. The SMILES string of the molecule is Cc1ccc(NC(=O)c2ccc(-c3ccc(F)cc3)o2)c(O)c1. The molecule has 1 amide bonds. The zero-order valence-corrected chi connectivity index (χ0v) is 12.3. The van der Waals surface area contributed by atoms with Crippen LogP contribution in [0, 0.1) is 12.7 Å². The van der Waals surface area contributed by atoms with E-state index < -0.39 is 5.91 Å². The first-order chi connectivity index (χ1) is 11.0. The second-order valence-corrected chi connectivity index (χ2v) is 5.15. The topological polar surface area (TPSA) is 62.5 Å². The summed E-state index contributed by atoms with van der Waals surface area (Å²) >= 11 is 0. The molecule has 0 bridgehead atoms. The Morgan fingerprint density at radius 1 is 1.09 bits per heavy atom. The number of carbonyl (C=O) groups is 1. The van der Waals surface area contributed by atoms with Crippen molar-refractivity contribution in [2.45, 2.75) is 6.92 Å². The van der Waals surface area contributed by atoms with Crippen LogP contribution >= 0.6 is 0 Å². The Kier molecular flexibility index (Phi) is 3.85. The molecular formula is C18H14FNO3. The number of phenolic OH excluding ortho intramolecular Hbond substituents is 1. The predicted octanol–water partition coefficient (Wildman–Crippen LogP) is 4.35. The average Bonchev–Trinajstić information content (AvgIpc) is 3.01. The maximum atomic E-state index is 12.9. The standard InChI is InChI=1S/C18H14FNO3/c1-11-2-7-14(15(21)10-11)20-18(22)17-9-8-16(23-17)12-3-5-13(19)6-4-12/h2-10,21H,1H3,(H,20,22). The van der Waals surface area contributed by atoms with Crippen LogP contribution in [0.4, 0.5) is 10.1 Å². The summed E-state index contributed by atoms with van der Waals surface area (Å²) in [7, 11) is 0. The molecule has 2 aromatic carbocycles. The maximum absolute atomic E-state index is 12.9. The van der Waals surface area contributed by atoms with Crippen LogP contribution in [0.1, 0.15) is 16.1 Å². The number of benzene rings is 2. The van der Waals surface area contributed by atoms with Crippen LogP contribution in [0.2, 0.25) is 0 Å². The molecule has 0 aliphatic rings. The summed E-state index contributed by atoms with van der Waals surface area (Å²) in [4.78, 5) is 12.2. The van der Waals surface area contributed by atoms with Gasteiger partial charge in [0.25, 0.3) is 5.91 Å². The van der Waals surface area contributed by atoms with Gasteiger partial charge in [0, 0.05) is 5.56 Å². The lowest BCUT2D eigenvalue weighted by molar-refractivity contribution is 0.0997. The Morgan fingerprint density at radius 3 is 2.52 bits per heavy atom. The fourth-order valence-electron chi connectivity index (χ4n) is 2.16. The molecule has 0 unspecified atom stereocenters. The van der Waals surface area contributed by atoms with Gasteiger partial charge >= 0.3 is 0 Å². The van der Waals surface area contributed by atoms with Gasteiger partial charge in [0.2, 0.25) is 0 Å². The Bertz CT molecular complexity index is 853. The molecule has 0 saturated heterocycles. The third-order valence-electron chi connectivity index (χ3n) is 3.36. The number of aromatic hydroxyl groups is 1. The summed E-state index contributed by atoms with van der Waals surface area (Å²) in [6, 6.07) is 13.9. The normalized spacial score (nSPS) is 10.5. The molecule has 0 atom stereocenters. The largest absolute Gasteiger partial charge is 0.506 e. The van der Waals surface area contributed by atoms with E-state index in [-0.39, 0.29) is 17.3 Å². The van der Waals surface area contributed by atoms with Crippen molar-refractivity contribution in [3.8, 4) is 17.1 Å². The highest BCUT2D eigenvalue weighted by Gasteiger charge is 2.14. The lowest BCUT2D eigenvalue weighted by Gasteiger charge is -2.06. The van der Waals surface area contributed by atoms with Gasteiger partial charge in [0.05, 0.1) is 5.69 Å².